The van der Waals surface area contributed by atoms with Crippen molar-refractivity contribution in [2.24, 2.45) is 0 Å². The average Bonchev–Trinajstić information content (AvgIpc) is 1.68. The van der Waals surface area contributed by atoms with E-state index < -0.39 is 0 Å². The first kappa shape index (κ1) is 7.77. The van der Waals surface area contributed by atoms with E-state index in [4.69, 9.17) is 11.6 Å². The van der Waals surface area contributed by atoms with Gasteiger partial charge in [0.2, 0.25) is 0 Å². The molecule has 0 nitrogen and oxygen atoms in total. The summed E-state index contributed by atoms with van der Waals surface area (Å²) in [6.45, 7) is 5.64. The van der Waals surface area contributed by atoms with Crippen LogP contribution in [0.2, 0.25) is 0 Å². The topological polar surface area (TPSA) is 0 Å². The fourth-order valence-electron chi connectivity index (χ4n) is 0.443. The minimum Gasteiger partial charge on any atom is -0.122 e. The summed E-state index contributed by atoms with van der Waals surface area (Å²) in [4.78, 5) is 0. The highest BCUT2D eigenvalue weighted by atomic mass is 35.5. The van der Waals surface area contributed by atoms with E-state index in [1.807, 2.05) is 19.1 Å². The molecule has 0 N–H and O–H groups in total. The third kappa shape index (κ3) is 3.94. The summed E-state index contributed by atoms with van der Waals surface area (Å²) < 4.78 is 0. The first-order chi connectivity index (χ1) is 3.81. The molecule has 0 aliphatic heterocycles. The zero-order chi connectivity index (χ0) is 6.41. The highest BCUT2D eigenvalue weighted by Crippen LogP contribution is 1.99. The molecule has 0 heterocycles. The van der Waals surface area contributed by atoms with Crippen molar-refractivity contribution >= 4 is 11.6 Å². The van der Waals surface area contributed by atoms with Gasteiger partial charge in [0, 0.05) is 5.88 Å². The second-order valence-electron chi connectivity index (χ2n) is 1.70. The SMILES string of the molecule is C=CCC(C)=CCCl. The normalized spacial score (nSPS) is 11.5. The molecule has 0 fully saturated rings. The molecule has 0 unspecified atom stereocenters. The standard InChI is InChI=1S/C7H11Cl/c1-3-4-7(2)5-6-8/h3,5H,1,4,6H2,2H3. The summed E-state index contributed by atoms with van der Waals surface area (Å²) in [5, 5.41) is 0. The molecule has 0 atom stereocenters. The first-order valence-electron chi connectivity index (χ1n) is 2.63. The fraction of sp³-hybridized carbons (Fsp3) is 0.429. The second-order valence-corrected chi connectivity index (χ2v) is 2.01. The van der Waals surface area contributed by atoms with E-state index in [0.29, 0.717) is 5.88 Å². The van der Waals surface area contributed by atoms with Gasteiger partial charge in [0.1, 0.15) is 0 Å². The number of halogens is 1. The summed E-state index contributed by atoms with van der Waals surface area (Å²) in [7, 11) is 0. The lowest BCUT2D eigenvalue weighted by Gasteiger charge is -1.89. The summed E-state index contributed by atoms with van der Waals surface area (Å²) >= 11 is 5.42. The molecule has 0 rings (SSSR count). The van der Waals surface area contributed by atoms with E-state index in [1.165, 1.54) is 5.57 Å². The highest BCUT2D eigenvalue weighted by Gasteiger charge is 1.80. The van der Waals surface area contributed by atoms with Crippen molar-refractivity contribution in [1.82, 2.24) is 0 Å². The Kier molecular flexibility index (Phi) is 4.78. The van der Waals surface area contributed by atoms with Crippen LogP contribution in [0.25, 0.3) is 0 Å². The van der Waals surface area contributed by atoms with Gasteiger partial charge in [-0.15, -0.1) is 18.2 Å². The van der Waals surface area contributed by atoms with Crippen LogP contribution in [0.4, 0.5) is 0 Å². The molecule has 0 aromatic heterocycles. The van der Waals surface area contributed by atoms with Crippen molar-refractivity contribution in [2.75, 3.05) is 5.88 Å². The van der Waals surface area contributed by atoms with Gasteiger partial charge in [0.25, 0.3) is 0 Å². The van der Waals surface area contributed by atoms with E-state index in [0.717, 1.165) is 6.42 Å². The Hall–Kier alpha value is -0.230. The van der Waals surface area contributed by atoms with Gasteiger partial charge in [-0.2, -0.15) is 0 Å². The van der Waals surface area contributed by atoms with Crippen LogP contribution in [0.3, 0.4) is 0 Å². The maximum Gasteiger partial charge on any atom is 0.0406 e. The van der Waals surface area contributed by atoms with Gasteiger partial charge in [-0.25, -0.2) is 0 Å². The molecular weight excluding hydrogens is 120 g/mol. The molecular formula is C7H11Cl. The van der Waals surface area contributed by atoms with Gasteiger partial charge in [-0.05, 0) is 13.3 Å². The summed E-state index contributed by atoms with van der Waals surface area (Å²) in [6.07, 6.45) is 4.81. The van der Waals surface area contributed by atoms with Crippen LogP contribution >= 0.6 is 11.6 Å². The third-order valence-electron chi connectivity index (χ3n) is 0.892. The molecule has 1 heteroatoms. The van der Waals surface area contributed by atoms with Crippen LogP contribution in [-0.2, 0) is 0 Å². The minimum atomic E-state index is 0.611. The monoisotopic (exact) mass is 130 g/mol. The smallest absolute Gasteiger partial charge is 0.0406 e. The summed E-state index contributed by atoms with van der Waals surface area (Å²) in [5.74, 6) is 0.611. The molecule has 8 heavy (non-hydrogen) atoms. The average molecular weight is 131 g/mol. The van der Waals surface area contributed by atoms with E-state index in [-0.39, 0.29) is 0 Å². The van der Waals surface area contributed by atoms with Crippen LogP contribution < -0.4 is 0 Å². The molecule has 0 aromatic carbocycles. The Morgan fingerprint density at radius 2 is 2.38 bits per heavy atom. The first-order valence-corrected chi connectivity index (χ1v) is 3.17. The lowest BCUT2D eigenvalue weighted by molar-refractivity contribution is 1.21. The number of allylic oxidation sites excluding steroid dienone is 3. The van der Waals surface area contributed by atoms with Crippen LogP contribution in [0.15, 0.2) is 24.3 Å². The number of hydrogen-bond acceptors (Lipinski definition) is 0. The quantitative estimate of drug-likeness (QED) is 0.407. The number of alkyl halides is 1. The van der Waals surface area contributed by atoms with E-state index >= 15 is 0 Å². The van der Waals surface area contributed by atoms with Crippen LogP contribution in [-0.4, -0.2) is 5.88 Å². The Bertz CT molecular complexity index is 92.6. The van der Waals surface area contributed by atoms with Gasteiger partial charge >= 0.3 is 0 Å². The Morgan fingerprint density at radius 1 is 1.75 bits per heavy atom. The molecule has 0 saturated carbocycles. The maximum absolute atomic E-state index is 5.42. The van der Waals surface area contributed by atoms with Crippen molar-refractivity contribution in [3.63, 3.8) is 0 Å². The predicted octanol–water partition coefficient (Wildman–Crippen LogP) is 2.75. The minimum absolute atomic E-state index is 0.611. The largest absolute Gasteiger partial charge is 0.122 e. The summed E-state index contributed by atoms with van der Waals surface area (Å²) in [6, 6.07) is 0. The molecule has 0 aliphatic carbocycles. The Morgan fingerprint density at radius 3 is 2.75 bits per heavy atom. The van der Waals surface area contributed by atoms with Crippen molar-refractivity contribution in [1.29, 1.82) is 0 Å². The molecule has 0 radical (unpaired) electrons. The Balaban J connectivity index is 3.44. The van der Waals surface area contributed by atoms with Gasteiger partial charge in [0.05, 0.1) is 0 Å². The molecule has 0 aromatic rings. The van der Waals surface area contributed by atoms with Crippen LogP contribution in [0, 0.1) is 0 Å². The molecule has 0 bridgehead atoms. The van der Waals surface area contributed by atoms with E-state index in [1.54, 1.807) is 0 Å². The Labute approximate surface area is 55.9 Å². The predicted molar refractivity (Wildman–Crippen MR) is 39.3 cm³/mol. The van der Waals surface area contributed by atoms with E-state index in [9.17, 15) is 0 Å². The zero-order valence-corrected chi connectivity index (χ0v) is 5.91. The fourth-order valence-corrected chi connectivity index (χ4v) is 0.706. The number of rotatable bonds is 3. The third-order valence-corrected chi connectivity index (χ3v) is 1.05. The highest BCUT2D eigenvalue weighted by molar-refractivity contribution is 6.18. The van der Waals surface area contributed by atoms with Gasteiger partial charge in [0.15, 0.2) is 0 Å². The van der Waals surface area contributed by atoms with Gasteiger partial charge in [-0.1, -0.05) is 17.7 Å². The van der Waals surface area contributed by atoms with Gasteiger partial charge < -0.3 is 0 Å². The lowest BCUT2D eigenvalue weighted by Crippen LogP contribution is -1.71. The van der Waals surface area contributed by atoms with Crippen molar-refractivity contribution in [3.8, 4) is 0 Å². The van der Waals surface area contributed by atoms with Crippen molar-refractivity contribution in [3.05, 3.63) is 24.3 Å². The molecule has 0 spiro atoms. The van der Waals surface area contributed by atoms with Crippen LogP contribution in [0.5, 0.6) is 0 Å². The number of hydrogen-bond donors (Lipinski definition) is 0. The zero-order valence-electron chi connectivity index (χ0n) is 5.15. The lowest BCUT2D eigenvalue weighted by atomic mass is 10.2. The van der Waals surface area contributed by atoms with Crippen LogP contribution in [0.1, 0.15) is 13.3 Å². The van der Waals surface area contributed by atoms with Crippen molar-refractivity contribution < 1.29 is 0 Å². The summed E-state index contributed by atoms with van der Waals surface area (Å²) in [5.41, 5.74) is 1.29. The van der Waals surface area contributed by atoms with Crippen molar-refractivity contribution in [2.45, 2.75) is 13.3 Å². The van der Waals surface area contributed by atoms with Gasteiger partial charge in [-0.3, -0.25) is 0 Å². The molecule has 0 amide bonds. The molecule has 0 saturated heterocycles. The molecule has 0 aliphatic rings. The van der Waals surface area contributed by atoms with E-state index in [2.05, 4.69) is 6.58 Å². The maximum atomic E-state index is 5.42. The molecule has 46 valence electrons. The second kappa shape index (κ2) is 4.92.